The summed E-state index contributed by atoms with van der Waals surface area (Å²) in [6, 6.07) is 8.60. The standard InChI is InChI=1S/C16H20N6O4/c1-3-26-13(23)10-21(9-12-6-4-5-11(7-12)8-17)16(20-2)14(15(18)19)22(24)25/h4-7,20H,3,9-10H2,1-2H3,(H3,18,19). The molecule has 0 aromatic heterocycles. The van der Waals surface area contributed by atoms with Gasteiger partial charge in [0.25, 0.3) is 0 Å². The van der Waals surface area contributed by atoms with Gasteiger partial charge in [-0.1, -0.05) is 12.1 Å². The van der Waals surface area contributed by atoms with Gasteiger partial charge < -0.3 is 20.7 Å². The molecule has 1 rings (SSSR count). The molecule has 0 heterocycles. The number of nitro groups is 1. The maximum absolute atomic E-state index is 11.9. The Kier molecular flexibility index (Phi) is 7.57. The largest absolute Gasteiger partial charge is 0.465 e. The third-order valence-electron chi connectivity index (χ3n) is 3.27. The van der Waals surface area contributed by atoms with Crippen molar-refractivity contribution in [1.82, 2.24) is 10.2 Å². The quantitative estimate of drug-likeness (QED) is 0.189. The van der Waals surface area contributed by atoms with Crippen LogP contribution in [0.3, 0.4) is 0 Å². The maximum Gasteiger partial charge on any atom is 0.350 e. The highest BCUT2D eigenvalue weighted by atomic mass is 16.6. The highest BCUT2D eigenvalue weighted by Crippen LogP contribution is 2.15. The van der Waals surface area contributed by atoms with Gasteiger partial charge in [0.15, 0.2) is 11.7 Å². The van der Waals surface area contributed by atoms with Crippen LogP contribution in [0.25, 0.3) is 0 Å². The van der Waals surface area contributed by atoms with Gasteiger partial charge in [-0.3, -0.25) is 20.3 Å². The summed E-state index contributed by atoms with van der Waals surface area (Å²) in [6.07, 6.45) is 0. The number of nitrogens with one attached hydrogen (secondary N) is 2. The molecule has 138 valence electrons. The molecule has 0 amide bonds. The number of hydrogen-bond donors (Lipinski definition) is 3. The van der Waals surface area contributed by atoms with Crippen molar-refractivity contribution in [3.63, 3.8) is 0 Å². The van der Waals surface area contributed by atoms with Gasteiger partial charge in [0, 0.05) is 13.6 Å². The molecule has 0 atom stereocenters. The number of carbonyl (C=O) groups excluding carboxylic acids is 1. The van der Waals surface area contributed by atoms with Crippen LogP contribution in [-0.2, 0) is 16.1 Å². The predicted octanol–water partition coefficient (Wildman–Crippen LogP) is 0.525. The summed E-state index contributed by atoms with van der Waals surface area (Å²) in [6.45, 7) is 1.57. The third-order valence-corrected chi connectivity index (χ3v) is 3.27. The number of hydrogen-bond acceptors (Lipinski definition) is 8. The van der Waals surface area contributed by atoms with Crippen molar-refractivity contribution in [3.05, 3.63) is 57.0 Å². The fraction of sp³-hybridized carbons (Fsp3) is 0.312. The number of benzene rings is 1. The molecule has 4 N–H and O–H groups in total. The molecule has 0 aliphatic carbocycles. The van der Waals surface area contributed by atoms with E-state index < -0.39 is 22.4 Å². The number of rotatable bonds is 9. The lowest BCUT2D eigenvalue weighted by Crippen LogP contribution is -2.39. The van der Waals surface area contributed by atoms with Crippen LogP contribution in [0.15, 0.2) is 35.8 Å². The lowest BCUT2D eigenvalue weighted by Gasteiger charge is -2.26. The summed E-state index contributed by atoms with van der Waals surface area (Å²) in [5.74, 6) is -1.44. The lowest BCUT2D eigenvalue weighted by molar-refractivity contribution is -0.417. The number of carbonyl (C=O) groups is 1. The molecule has 0 fully saturated rings. The Morgan fingerprint density at radius 2 is 2.23 bits per heavy atom. The van der Waals surface area contributed by atoms with Crippen LogP contribution in [0.2, 0.25) is 0 Å². The summed E-state index contributed by atoms with van der Waals surface area (Å²) in [4.78, 5) is 23.8. The molecule has 0 bridgehead atoms. The maximum atomic E-state index is 11.9. The first-order valence-electron chi connectivity index (χ1n) is 7.64. The zero-order valence-corrected chi connectivity index (χ0v) is 14.5. The molecule has 1 aromatic carbocycles. The molecule has 0 aliphatic rings. The Bertz CT molecular complexity index is 752. The molecule has 10 nitrogen and oxygen atoms in total. The van der Waals surface area contributed by atoms with Crippen LogP contribution < -0.4 is 11.1 Å². The average Bonchev–Trinajstić information content (AvgIpc) is 2.58. The number of nitriles is 1. The molecule has 0 spiro atoms. The summed E-state index contributed by atoms with van der Waals surface area (Å²) >= 11 is 0. The zero-order valence-electron chi connectivity index (χ0n) is 14.5. The molecule has 1 aromatic rings. The second-order valence-electron chi connectivity index (χ2n) is 5.09. The van der Waals surface area contributed by atoms with E-state index in [9.17, 15) is 14.9 Å². The van der Waals surface area contributed by atoms with Gasteiger partial charge in [-0.2, -0.15) is 5.26 Å². The van der Waals surface area contributed by atoms with Crippen molar-refractivity contribution in [3.8, 4) is 6.07 Å². The first-order valence-corrected chi connectivity index (χ1v) is 7.64. The van der Waals surface area contributed by atoms with Crippen molar-refractivity contribution in [2.24, 2.45) is 5.73 Å². The number of ether oxygens (including phenoxy) is 1. The van der Waals surface area contributed by atoms with Gasteiger partial charge in [-0.15, -0.1) is 0 Å². The third kappa shape index (κ3) is 5.48. The average molecular weight is 360 g/mol. The van der Waals surface area contributed by atoms with E-state index in [0.29, 0.717) is 11.1 Å². The Labute approximate surface area is 150 Å². The zero-order chi connectivity index (χ0) is 19.7. The van der Waals surface area contributed by atoms with E-state index in [2.05, 4.69) is 5.32 Å². The van der Waals surface area contributed by atoms with Crippen LogP contribution in [0.4, 0.5) is 0 Å². The molecule has 0 saturated carbocycles. The molecular weight excluding hydrogens is 340 g/mol. The molecule has 26 heavy (non-hydrogen) atoms. The van der Waals surface area contributed by atoms with E-state index in [4.69, 9.17) is 21.1 Å². The van der Waals surface area contributed by atoms with Crippen LogP contribution >= 0.6 is 0 Å². The molecule has 0 unspecified atom stereocenters. The van der Waals surface area contributed by atoms with E-state index >= 15 is 0 Å². The van der Waals surface area contributed by atoms with Crippen molar-refractivity contribution in [2.45, 2.75) is 13.5 Å². The molecule has 10 heteroatoms. The van der Waals surface area contributed by atoms with Gasteiger partial charge in [0.1, 0.15) is 6.54 Å². The number of nitrogens with zero attached hydrogens (tertiary/aromatic N) is 3. The predicted molar refractivity (Wildman–Crippen MR) is 93.2 cm³/mol. The Hall–Kier alpha value is -3.61. The highest BCUT2D eigenvalue weighted by molar-refractivity contribution is 5.92. The van der Waals surface area contributed by atoms with E-state index in [0.717, 1.165) is 0 Å². The first kappa shape index (κ1) is 20.4. The van der Waals surface area contributed by atoms with Gasteiger partial charge >= 0.3 is 11.7 Å². The van der Waals surface area contributed by atoms with Crippen molar-refractivity contribution >= 4 is 11.8 Å². The van der Waals surface area contributed by atoms with Gasteiger partial charge in [0.05, 0.1) is 23.2 Å². The van der Waals surface area contributed by atoms with Crippen LogP contribution in [0.1, 0.15) is 18.1 Å². The normalized spacial score (nSPS) is 11.0. The smallest absolute Gasteiger partial charge is 0.350 e. The Morgan fingerprint density at radius 3 is 2.73 bits per heavy atom. The van der Waals surface area contributed by atoms with Crippen LogP contribution in [0, 0.1) is 26.9 Å². The second-order valence-corrected chi connectivity index (χ2v) is 5.09. The highest BCUT2D eigenvalue weighted by Gasteiger charge is 2.28. The van der Waals surface area contributed by atoms with E-state index in [-0.39, 0.29) is 25.5 Å². The fourth-order valence-electron chi connectivity index (χ4n) is 2.27. The van der Waals surface area contributed by atoms with Gasteiger partial charge in [0.2, 0.25) is 0 Å². The molecular formula is C16H20N6O4. The Morgan fingerprint density at radius 1 is 1.54 bits per heavy atom. The van der Waals surface area contributed by atoms with Crippen LogP contribution in [0.5, 0.6) is 0 Å². The van der Waals surface area contributed by atoms with Crippen molar-refractivity contribution < 1.29 is 14.5 Å². The van der Waals surface area contributed by atoms with Gasteiger partial charge in [-0.25, -0.2) is 0 Å². The molecule has 0 radical (unpaired) electrons. The number of amidine groups is 1. The molecule has 0 aliphatic heterocycles. The molecule has 0 saturated heterocycles. The summed E-state index contributed by atoms with van der Waals surface area (Å²) < 4.78 is 4.91. The van der Waals surface area contributed by atoms with E-state index in [1.807, 2.05) is 6.07 Å². The lowest BCUT2D eigenvalue weighted by atomic mass is 10.1. The van der Waals surface area contributed by atoms with E-state index in [1.165, 1.54) is 11.9 Å². The Balaban J connectivity index is 3.35. The topological polar surface area (TPSA) is 158 Å². The SMILES string of the molecule is CCOC(=O)CN(Cc1cccc(C#N)c1)C(NC)=C(C(=N)N)[N+](=O)[O-]. The number of nitrogens with two attached hydrogens (primary N) is 1. The van der Waals surface area contributed by atoms with Crippen molar-refractivity contribution in [2.75, 3.05) is 20.2 Å². The first-order chi connectivity index (χ1) is 12.3. The minimum Gasteiger partial charge on any atom is -0.465 e. The summed E-state index contributed by atoms with van der Waals surface area (Å²) in [5.41, 5.74) is 5.74. The monoisotopic (exact) mass is 360 g/mol. The number of esters is 1. The minimum absolute atomic E-state index is 0.0646. The second kappa shape index (κ2) is 9.63. The summed E-state index contributed by atoms with van der Waals surface area (Å²) in [7, 11) is 1.42. The summed E-state index contributed by atoms with van der Waals surface area (Å²) in [5, 5.41) is 30.4. The fourth-order valence-corrected chi connectivity index (χ4v) is 2.27. The van der Waals surface area contributed by atoms with Crippen molar-refractivity contribution in [1.29, 1.82) is 10.7 Å². The minimum atomic E-state index is -0.794. The van der Waals surface area contributed by atoms with E-state index in [1.54, 1.807) is 31.2 Å². The van der Waals surface area contributed by atoms with Crippen LogP contribution in [-0.4, -0.2) is 41.8 Å². The van der Waals surface area contributed by atoms with Gasteiger partial charge in [-0.05, 0) is 24.6 Å².